The number of anilines is 1. The number of nitriles is 2. The minimum atomic E-state index is -5.44. The van der Waals surface area contributed by atoms with Crippen molar-refractivity contribution in [3.05, 3.63) is 70.4 Å². The minimum absolute atomic E-state index is 0.105. The number of hydrogen-bond donors (Lipinski definition) is 0. The van der Waals surface area contributed by atoms with Gasteiger partial charge in [0.15, 0.2) is 0 Å². The number of allylic oxidation sites excluding steroid dienone is 1. The van der Waals surface area contributed by atoms with Crippen LogP contribution in [0.5, 0.6) is 0 Å². The number of urea groups is 1. The molecule has 39 heavy (non-hydrogen) atoms. The lowest BCUT2D eigenvalue weighted by Gasteiger charge is -2.40. The zero-order valence-electron chi connectivity index (χ0n) is 20.3. The van der Waals surface area contributed by atoms with Crippen molar-refractivity contribution in [1.82, 2.24) is 4.90 Å². The van der Waals surface area contributed by atoms with E-state index in [0.29, 0.717) is 6.07 Å². The molecule has 3 amide bonds. The van der Waals surface area contributed by atoms with Gasteiger partial charge in [-0.05, 0) is 42.8 Å². The number of carbonyl (C=O) groups excluding carboxylic acids is 2. The Kier molecular flexibility index (Phi) is 7.54. The number of likely N-dealkylation sites (N-methyl/N-ethyl adjacent to an activating group) is 1. The molecule has 204 valence electrons. The van der Waals surface area contributed by atoms with E-state index in [1.807, 2.05) is 6.07 Å². The van der Waals surface area contributed by atoms with E-state index in [2.05, 4.69) is 4.36 Å². The summed E-state index contributed by atoms with van der Waals surface area (Å²) in [5, 5.41) is 19.3. The lowest BCUT2D eigenvalue weighted by molar-refractivity contribution is -0.169. The molecule has 0 spiro atoms. The fourth-order valence-electron chi connectivity index (χ4n) is 3.97. The SMILES string of the molecule is CC1=C(C#N)[C@@H](c2ccc(C#N)cc2[S@@](C)(=O)=NC(=O)C(F)(F)F)N(C)C(=O)N1c1cccc(C(F)(F)F)c1. The first-order valence-electron chi connectivity index (χ1n) is 10.7. The van der Waals surface area contributed by atoms with Gasteiger partial charge in [-0.15, -0.1) is 4.36 Å². The molecule has 1 aliphatic rings. The van der Waals surface area contributed by atoms with Crippen molar-refractivity contribution in [1.29, 1.82) is 10.5 Å². The Balaban J connectivity index is 2.29. The maximum Gasteiger partial charge on any atom is 0.474 e. The van der Waals surface area contributed by atoms with Crippen LogP contribution in [0.15, 0.2) is 63.0 Å². The summed E-state index contributed by atoms with van der Waals surface area (Å²) in [4.78, 5) is 26.2. The third-order valence-corrected chi connectivity index (χ3v) is 7.46. The van der Waals surface area contributed by atoms with Crippen LogP contribution in [0.1, 0.15) is 29.7 Å². The number of amides is 3. The van der Waals surface area contributed by atoms with E-state index in [-0.39, 0.29) is 28.1 Å². The van der Waals surface area contributed by atoms with Crippen LogP contribution in [0, 0.1) is 22.7 Å². The maximum atomic E-state index is 13.4. The van der Waals surface area contributed by atoms with Gasteiger partial charge in [-0.2, -0.15) is 36.9 Å². The summed E-state index contributed by atoms with van der Waals surface area (Å²) >= 11 is 0. The third-order valence-electron chi connectivity index (χ3n) is 5.78. The molecule has 2 atom stereocenters. The van der Waals surface area contributed by atoms with Crippen molar-refractivity contribution in [3.63, 3.8) is 0 Å². The molecule has 1 aliphatic heterocycles. The molecule has 0 saturated carbocycles. The number of halogens is 6. The molecule has 0 unspecified atom stereocenters. The fourth-order valence-corrected chi connectivity index (χ4v) is 5.45. The van der Waals surface area contributed by atoms with E-state index in [4.69, 9.17) is 0 Å². The smallest absolute Gasteiger partial charge is 0.315 e. The Morgan fingerprint density at radius 1 is 1.05 bits per heavy atom. The molecule has 2 aromatic rings. The van der Waals surface area contributed by atoms with Crippen LogP contribution in [0.4, 0.5) is 36.8 Å². The van der Waals surface area contributed by atoms with Crippen LogP contribution < -0.4 is 4.90 Å². The summed E-state index contributed by atoms with van der Waals surface area (Å²) in [6.45, 7) is 1.28. The van der Waals surface area contributed by atoms with Gasteiger partial charge in [0.05, 0.1) is 55.2 Å². The van der Waals surface area contributed by atoms with Gasteiger partial charge < -0.3 is 4.90 Å². The monoisotopic (exact) mass is 569 g/mol. The quantitative estimate of drug-likeness (QED) is 0.451. The Morgan fingerprint density at radius 2 is 1.69 bits per heavy atom. The number of nitrogens with zero attached hydrogens (tertiary/aromatic N) is 5. The van der Waals surface area contributed by atoms with Crippen molar-refractivity contribution in [2.24, 2.45) is 4.36 Å². The summed E-state index contributed by atoms with van der Waals surface area (Å²) in [5.41, 5.74) is -1.93. The topological polar surface area (TPSA) is 118 Å². The number of alkyl halides is 6. The predicted molar refractivity (Wildman–Crippen MR) is 125 cm³/mol. The highest BCUT2D eigenvalue weighted by Crippen LogP contribution is 2.42. The van der Waals surface area contributed by atoms with Gasteiger partial charge in [0.1, 0.15) is 0 Å². The van der Waals surface area contributed by atoms with E-state index in [9.17, 15) is 50.7 Å². The van der Waals surface area contributed by atoms with Crippen LogP contribution in [0.3, 0.4) is 0 Å². The van der Waals surface area contributed by atoms with Gasteiger partial charge in [-0.25, -0.2) is 9.00 Å². The van der Waals surface area contributed by atoms with E-state index in [1.54, 1.807) is 6.07 Å². The average Bonchev–Trinajstić information content (AvgIpc) is 2.84. The van der Waals surface area contributed by atoms with Gasteiger partial charge in [0, 0.05) is 19.0 Å². The van der Waals surface area contributed by atoms with E-state index >= 15 is 0 Å². The largest absolute Gasteiger partial charge is 0.474 e. The standard InChI is InChI=1S/C24H17F6N5O3S/c1-13-18(12-32)20(34(2)22(37)35(13)16-6-4-5-15(10-16)23(25,26)27)17-8-7-14(11-31)9-19(17)39(3,38)33-21(36)24(28,29)30/h4-10,20H,1-3H3/t20-,39-/m1/s1. The maximum absolute atomic E-state index is 13.4. The molecule has 3 rings (SSSR count). The van der Waals surface area contributed by atoms with E-state index in [1.165, 1.54) is 26.1 Å². The van der Waals surface area contributed by atoms with Crippen LogP contribution in [-0.2, 0) is 20.7 Å². The molecular weight excluding hydrogens is 552 g/mol. The second-order valence-electron chi connectivity index (χ2n) is 8.35. The molecule has 0 fully saturated rings. The molecule has 1 heterocycles. The zero-order chi connectivity index (χ0) is 29.5. The molecule has 0 N–H and O–H groups in total. The second kappa shape index (κ2) is 10.1. The van der Waals surface area contributed by atoms with Crippen molar-refractivity contribution < 1.29 is 40.1 Å². The van der Waals surface area contributed by atoms with Crippen LogP contribution in [0.2, 0.25) is 0 Å². The predicted octanol–water partition coefficient (Wildman–Crippen LogP) is 5.53. The van der Waals surface area contributed by atoms with Crippen molar-refractivity contribution in [2.45, 2.75) is 30.2 Å². The zero-order valence-corrected chi connectivity index (χ0v) is 21.1. The number of benzene rings is 2. The normalized spacial score (nSPS) is 17.8. The molecule has 0 radical (unpaired) electrons. The number of hydrogen-bond acceptors (Lipinski definition) is 5. The summed E-state index contributed by atoms with van der Waals surface area (Å²) in [6, 6.07) is 8.33. The molecular formula is C24H17F6N5O3S. The van der Waals surface area contributed by atoms with Gasteiger partial charge in [-0.3, -0.25) is 9.69 Å². The molecule has 8 nitrogen and oxygen atoms in total. The highest BCUT2D eigenvalue weighted by atomic mass is 32.2. The molecule has 0 aromatic heterocycles. The lowest BCUT2D eigenvalue weighted by Crippen LogP contribution is -2.47. The molecule has 2 aromatic carbocycles. The van der Waals surface area contributed by atoms with E-state index in [0.717, 1.165) is 40.3 Å². The van der Waals surface area contributed by atoms with Gasteiger partial charge in [0.2, 0.25) is 0 Å². The third kappa shape index (κ3) is 5.58. The Labute approximate surface area is 218 Å². The average molecular weight is 569 g/mol. The van der Waals surface area contributed by atoms with Crippen molar-refractivity contribution in [3.8, 4) is 12.1 Å². The van der Waals surface area contributed by atoms with Gasteiger partial charge >= 0.3 is 24.3 Å². The first-order chi connectivity index (χ1) is 17.9. The second-order valence-corrected chi connectivity index (χ2v) is 10.6. The Morgan fingerprint density at radius 3 is 2.23 bits per heavy atom. The minimum Gasteiger partial charge on any atom is -0.315 e. The van der Waals surface area contributed by atoms with Crippen molar-refractivity contribution >= 4 is 27.4 Å². The molecule has 15 heteroatoms. The molecule has 0 bridgehead atoms. The number of carbonyl (C=O) groups is 2. The summed E-state index contributed by atoms with van der Waals surface area (Å²) in [5.74, 6) is -2.64. The summed E-state index contributed by atoms with van der Waals surface area (Å²) < 4.78 is 94.7. The summed E-state index contributed by atoms with van der Waals surface area (Å²) in [6.07, 6.45) is -9.43. The van der Waals surface area contributed by atoms with Crippen molar-refractivity contribution in [2.75, 3.05) is 18.2 Å². The van der Waals surface area contributed by atoms with E-state index < -0.39 is 50.5 Å². The lowest BCUT2D eigenvalue weighted by atomic mass is 9.93. The van der Waals surface area contributed by atoms with Crippen LogP contribution in [-0.4, -0.2) is 40.5 Å². The van der Waals surface area contributed by atoms with Gasteiger partial charge in [0.25, 0.3) is 0 Å². The number of rotatable bonds is 3. The Bertz CT molecular complexity index is 1610. The van der Waals surface area contributed by atoms with Crippen LogP contribution in [0.25, 0.3) is 0 Å². The highest BCUT2D eigenvalue weighted by Gasteiger charge is 2.42. The summed E-state index contributed by atoms with van der Waals surface area (Å²) in [7, 11) is -3.01. The van der Waals surface area contributed by atoms with Crippen LogP contribution >= 0.6 is 0 Å². The fraction of sp³-hybridized carbons (Fsp3) is 0.250. The molecule has 0 saturated heterocycles. The highest BCUT2D eigenvalue weighted by molar-refractivity contribution is 7.93. The Hall–Kier alpha value is -4.37. The first-order valence-corrected chi connectivity index (χ1v) is 12.6. The molecule has 0 aliphatic carbocycles. The van der Waals surface area contributed by atoms with Gasteiger partial charge in [-0.1, -0.05) is 12.1 Å². The first kappa shape index (κ1) is 29.2.